The Morgan fingerprint density at radius 3 is 2.75 bits per heavy atom. The van der Waals surface area contributed by atoms with Crippen LogP contribution >= 0.6 is 0 Å². The summed E-state index contributed by atoms with van der Waals surface area (Å²) in [5, 5.41) is 22.6. The van der Waals surface area contributed by atoms with Gasteiger partial charge in [-0.15, -0.1) is 0 Å². The number of halogens is 3. The molecular formula is C17H21F3N8. The summed E-state index contributed by atoms with van der Waals surface area (Å²) < 4.78 is 39.7. The predicted octanol–water partition coefficient (Wildman–Crippen LogP) is 3.27. The standard InChI is InChI=1S/C17H21F3N8/c18-17(19,20)14-10-24-16(27-15(14)23-8-12-5-6-25-28-12)26-13(7-21)9-22-11-3-1-2-4-11/h5-7,9-11,21-22H,1-4,8H2,(H,25,28)(H2,23,24,26,27)/b13-9+,21-7?. The van der Waals surface area contributed by atoms with Gasteiger partial charge in [0.05, 0.1) is 17.9 Å². The molecule has 1 saturated carbocycles. The summed E-state index contributed by atoms with van der Waals surface area (Å²) in [5.74, 6) is -0.401. The predicted molar refractivity (Wildman–Crippen MR) is 98.8 cm³/mol. The Labute approximate surface area is 159 Å². The molecule has 0 amide bonds. The molecule has 5 N–H and O–H groups in total. The first-order valence-electron chi connectivity index (χ1n) is 8.86. The minimum Gasteiger partial charge on any atom is -0.386 e. The molecule has 0 atom stereocenters. The molecule has 150 valence electrons. The highest BCUT2D eigenvalue weighted by atomic mass is 19.4. The molecule has 3 rings (SSSR count). The van der Waals surface area contributed by atoms with Crippen LogP contribution in [0.5, 0.6) is 0 Å². The van der Waals surface area contributed by atoms with Gasteiger partial charge in [-0.3, -0.25) is 5.10 Å². The third-order valence-corrected chi connectivity index (χ3v) is 4.33. The van der Waals surface area contributed by atoms with E-state index < -0.39 is 11.7 Å². The Kier molecular flexibility index (Phi) is 6.12. The molecule has 2 aromatic rings. The molecular weight excluding hydrogens is 373 g/mol. The van der Waals surface area contributed by atoms with Gasteiger partial charge in [0.2, 0.25) is 5.95 Å². The third-order valence-electron chi connectivity index (χ3n) is 4.33. The Balaban J connectivity index is 1.75. The van der Waals surface area contributed by atoms with Crippen LogP contribution in [0.3, 0.4) is 0 Å². The summed E-state index contributed by atoms with van der Waals surface area (Å²) in [4.78, 5) is 7.69. The zero-order chi connectivity index (χ0) is 20.0. The lowest BCUT2D eigenvalue weighted by Crippen LogP contribution is -2.22. The fraction of sp³-hybridized carbons (Fsp3) is 0.412. The van der Waals surface area contributed by atoms with Crippen molar-refractivity contribution in [3.63, 3.8) is 0 Å². The van der Waals surface area contributed by atoms with E-state index in [-0.39, 0.29) is 18.3 Å². The molecule has 0 spiro atoms. The van der Waals surface area contributed by atoms with E-state index in [0.717, 1.165) is 31.9 Å². The first-order chi connectivity index (χ1) is 13.5. The quantitative estimate of drug-likeness (QED) is 0.439. The fourth-order valence-electron chi connectivity index (χ4n) is 2.89. The zero-order valence-corrected chi connectivity index (χ0v) is 15.0. The van der Waals surface area contributed by atoms with Crippen molar-refractivity contribution in [3.05, 3.63) is 41.6 Å². The SMILES string of the molecule is N=C/C(=C\NC1CCCC1)Nc1ncc(C(F)(F)F)c(NCc2cc[nH]n2)n1. The van der Waals surface area contributed by atoms with Crippen LogP contribution < -0.4 is 16.0 Å². The van der Waals surface area contributed by atoms with Crippen LogP contribution in [-0.2, 0) is 12.7 Å². The molecule has 2 aromatic heterocycles. The van der Waals surface area contributed by atoms with E-state index in [2.05, 4.69) is 36.1 Å². The number of aromatic nitrogens is 4. The Morgan fingerprint density at radius 1 is 1.32 bits per heavy atom. The highest BCUT2D eigenvalue weighted by Gasteiger charge is 2.35. The van der Waals surface area contributed by atoms with Gasteiger partial charge in [-0.1, -0.05) is 12.8 Å². The highest BCUT2D eigenvalue weighted by molar-refractivity contribution is 5.79. The second kappa shape index (κ2) is 8.72. The molecule has 0 unspecified atom stereocenters. The van der Waals surface area contributed by atoms with E-state index in [0.29, 0.717) is 23.6 Å². The van der Waals surface area contributed by atoms with Crippen molar-refractivity contribution in [2.45, 2.75) is 44.4 Å². The third kappa shape index (κ3) is 5.21. The van der Waals surface area contributed by atoms with Crippen LogP contribution in [0, 0.1) is 5.41 Å². The number of anilines is 2. The largest absolute Gasteiger partial charge is 0.421 e. The molecule has 1 fully saturated rings. The Morgan fingerprint density at radius 2 is 2.11 bits per heavy atom. The van der Waals surface area contributed by atoms with Crippen molar-refractivity contribution in [2.75, 3.05) is 10.6 Å². The minimum atomic E-state index is -4.60. The number of nitrogens with one attached hydrogen (secondary N) is 5. The highest BCUT2D eigenvalue weighted by Crippen LogP contribution is 2.34. The van der Waals surface area contributed by atoms with Crippen molar-refractivity contribution in [1.82, 2.24) is 25.5 Å². The number of nitrogens with zero attached hydrogens (tertiary/aromatic N) is 3. The van der Waals surface area contributed by atoms with Gasteiger partial charge >= 0.3 is 6.18 Å². The molecule has 0 radical (unpaired) electrons. The van der Waals surface area contributed by atoms with Gasteiger partial charge in [-0.2, -0.15) is 23.3 Å². The molecule has 2 heterocycles. The summed E-state index contributed by atoms with van der Waals surface area (Å²) in [6, 6.07) is 1.99. The van der Waals surface area contributed by atoms with Crippen LogP contribution in [0.4, 0.5) is 24.9 Å². The van der Waals surface area contributed by atoms with Gasteiger partial charge in [0.25, 0.3) is 0 Å². The van der Waals surface area contributed by atoms with Gasteiger partial charge in [0, 0.05) is 30.9 Å². The average Bonchev–Trinajstić information content (AvgIpc) is 3.36. The first-order valence-corrected chi connectivity index (χ1v) is 8.86. The second-order valence-corrected chi connectivity index (χ2v) is 6.39. The lowest BCUT2D eigenvalue weighted by Gasteiger charge is -2.15. The molecule has 28 heavy (non-hydrogen) atoms. The van der Waals surface area contributed by atoms with Crippen molar-refractivity contribution in [2.24, 2.45) is 0 Å². The monoisotopic (exact) mass is 394 g/mol. The summed E-state index contributed by atoms with van der Waals surface area (Å²) >= 11 is 0. The molecule has 8 nitrogen and oxygen atoms in total. The van der Waals surface area contributed by atoms with E-state index in [4.69, 9.17) is 5.41 Å². The maximum atomic E-state index is 13.2. The molecule has 1 aliphatic rings. The number of hydrogen-bond donors (Lipinski definition) is 5. The zero-order valence-electron chi connectivity index (χ0n) is 15.0. The summed E-state index contributed by atoms with van der Waals surface area (Å²) in [6.07, 6.45) is 4.80. The number of allylic oxidation sites excluding steroid dienone is 1. The Bertz CT molecular complexity index is 810. The van der Waals surface area contributed by atoms with E-state index in [1.54, 1.807) is 18.5 Å². The summed E-state index contributed by atoms with van der Waals surface area (Å²) in [6.45, 7) is 0.0690. The molecule has 0 aromatic carbocycles. The number of aromatic amines is 1. The van der Waals surface area contributed by atoms with Crippen LogP contribution in [0.25, 0.3) is 0 Å². The molecule has 0 saturated heterocycles. The minimum absolute atomic E-state index is 0.0412. The normalized spacial score (nSPS) is 15.5. The number of H-pyrrole nitrogens is 1. The smallest absolute Gasteiger partial charge is 0.386 e. The number of alkyl halides is 3. The van der Waals surface area contributed by atoms with Gasteiger partial charge in [0.1, 0.15) is 11.4 Å². The first kappa shape index (κ1) is 19.6. The maximum Gasteiger partial charge on any atom is 0.421 e. The number of rotatable bonds is 8. The van der Waals surface area contributed by atoms with Crippen LogP contribution in [0.2, 0.25) is 0 Å². The van der Waals surface area contributed by atoms with Crippen molar-refractivity contribution >= 4 is 18.0 Å². The van der Waals surface area contributed by atoms with Crippen LogP contribution in [-0.4, -0.2) is 32.4 Å². The maximum absolute atomic E-state index is 13.2. The molecule has 0 bridgehead atoms. The van der Waals surface area contributed by atoms with E-state index >= 15 is 0 Å². The van der Waals surface area contributed by atoms with E-state index in [1.165, 1.54) is 0 Å². The van der Waals surface area contributed by atoms with Gasteiger partial charge in [0.15, 0.2) is 0 Å². The second-order valence-electron chi connectivity index (χ2n) is 6.39. The van der Waals surface area contributed by atoms with Crippen molar-refractivity contribution < 1.29 is 13.2 Å². The molecule has 0 aliphatic heterocycles. The van der Waals surface area contributed by atoms with E-state index in [9.17, 15) is 13.2 Å². The molecule has 1 aliphatic carbocycles. The Hall–Kier alpha value is -3.11. The number of hydrogen-bond acceptors (Lipinski definition) is 7. The topological polar surface area (TPSA) is 114 Å². The van der Waals surface area contributed by atoms with Gasteiger partial charge < -0.3 is 21.4 Å². The fourth-order valence-corrected chi connectivity index (χ4v) is 2.89. The van der Waals surface area contributed by atoms with Crippen molar-refractivity contribution in [3.8, 4) is 0 Å². The van der Waals surface area contributed by atoms with Crippen LogP contribution in [0.15, 0.2) is 30.4 Å². The van der Waals surface area contributed by atoms with Gasteiger partial charge in [-0.05, 0) is 18.9 Å². The average molecular weight is 394 g/mol. The summed E-state index contributed by atoms with van der Waals surface area (Å²) in [5.41, 5.74) is -0.0787. The summed E-state index contributed by atoms with van der Waals surface area (Å²) in [7, 11) is 0. The van der Waals surface area contributed by atoms with E-state index in [1.807, 2.05) is 0 Å². The lowest BCUT2D eigenvalue weighted by atomic mass is 10.2. The van der Waals surface area contributed by atoms with Gasteiger partial charge in [-0.25, -0.2) is 4.98 Å². The van der Waals surface area contributed by atoms with Crippen molar-refractivity contribution in [1.29, 1.82) is 5.41 Å². The lowest BCUT2D eigenvalue weighted by molar-refractivity contribution is -0.137. The van der Waals surface area contributed by atoms with Crippen LogP contribution in [0.1, 0.15) is 36.9 Å². The molecule has 11 heteroatoms.